The molecule has 0 aliphatic carbocycles. The van der Waals surface area contributed by atoms with Gasteiger partial charge in [0.15, 0.2) is 0 Å². The van der Waals surface area contributed by atoms with E-state index in [1.54, 1.807) is 22.8 Å². The van der Waals surface area contributed by atoms with Crippen molar-refractivity contribution in [1.29, 1.82) is 5.26 Å². The summed E-state index contributed by atoms with van der Waals surface area (Å²) in [4.78, 5) is 16.3. The smallest absolute Gasteiger partial charge is 0.252 e. The summed E-state index contributed by atoms with van der Waals surface area (Å²) in [5.41, 5.74) is 9.11. The average molecular weight is 468 g/mol. The number of fused-ring (bicyclic) bond motifs is 1. The van der Waals surface area contributed by atoms with Gasteiger partial charge in [0, 0.05) is 42.7 Å². The Bertz CT molecular complexity index is 1340. The zero-order valence-electron chi connectivity index (χ0n) is 18.4. The minimum Gasteiger partial charge on any atom is -0.379 e. The van der Waals surface area contributed by atoms with Crippen LogP contribution in [0.2, 0.25) is 0 Å². The molecule has 3 N–H and O–H groups in total. The van der Waals surface area contributed by atoms with Crippen LogP contribution >= 0.6 is 0 Å². The van der Waals surface area contributed by atoms with E-state index in [2.05, 4.69) is 15.4 Å². The molecule has 3 aromatic rings. The fourth-order valence-corrected chi connectivity index (χ4v) is 5.17. The Kier molecular flexibility index (Phi) is 6.05. The van der Waals surface area contributed by atoms with Crippen LogP contribution in [-0.4, -0.2) is 58.6 Å². The minimum atomic E-state index is -3.26. The lowest BCUT2D eigenvalue weighted by molar-refractivity contribution is 0.100. The van der Waals surface area contributed by atoms with Crippen LogP contribution in [0.15, 0.2) is 36.8 Å². The average Bonchev–Trinajstić information content (AvgIpc) is 3.23. The fraction of sp³-hybridized carbons (Fsp3) is 0.364. The zero-order valence-corrected chi connectivity index (χ0v) is 19.2. The Morgan fingerprint density at radius 1 is 1.33 bits per heavy atom. The number of anilines is 1. The third kappa shape index (κ3) is 4.53. The van der Waals surface area contributed by atoms with Crippen molar-refractivity contribution in [2.24, 2.45) is 11.7 Å². The number of carbonyl (C=O) groups is 1. The van der Waals surface area contributed by atoms with Crippen LogP contribution in [0.5, 0.6) is 0 Å². The van der Waals surface area contributed by atoms with Gasteiger partial charge >= 0.3 is 0 Å². The molecule has 2 atom stereocenters. The van der Waals surface area contributed by atoms with Crippen molar-refractivity contribution in [1.82, 2.24) is 18.9 Å². The first kappa shape index (κ1) is 22.7. The highest BCUT2D eigenvalue weighted by Gasteiger charge is 2.33. The van der Waals surface area contributed by atoms with Gasteiger partial charge in [-0.3, -0.25) is 4.79 Å². The van der Waals surface area contributed by atoms with E-state index in [1.807, 2.05) is 25.3 Å². The van der Waals surface area contributed by atoms with E-state index < -0.39 is 15.9 Å². The quantitative estimate of drug-likeness (QED) is 0.562. The standard InChI is InChI=1S/C22H25N7O3S/c1-3-14-12-28(33(2,31)32)7-6-19(14)27-21-18(22(24)30)11-26-29-13-16(8-20(21)29)15-4-5-17(9-23)25-10-15/h4-5,8,10-11,13-14,19,27H,3,6-7,12H2,1-2H3,(H2,24,30)/t14-,19+/m0/s1. The van der Waals surface area contributed by atoms with Crippen LogP contribution < -0.4 is 11.1 Å². The molecule has 1 fully saturated rings. The number of nitrogens with one attached hydrogen (secondary N) is 1. The van der Waals surface area contributed by atoms with Crippen molar-refractivity contribution >= 4 is 27.1 Å². The molecule has 11 heteroatoms. The molecule has 0 spiro atoms. The maximum atomic E-state index is 12.2. The monoisotopic (exact) mass is 467 g/mol. The number of nitrogens with zero attached hydrogens (tertiary/aromatic N) is 5. The van der Waals surface area contributed by atoms with Crippen LogP contribution in [0.25, 0.3) is 16.6 Å². The first-order valence-corrected chi connectivity index (χ1v) is 12.5. The number of carbonyl (C=O) groups excluding carboxylic acids is 1. The maximum absolute atomic E-state index is 12.2. The highest BCUT2D eigenvalue weighted by atomic mass is 32.2. The molecule has 0 aromatic carbocycles. The molecule has 1 amide bonds. The molecule has 0 radical (unpaired) electrons. The van der Waals surface area contributed by atoms with E-state index in [1.165, 1.54) is 16.8 Å². The molecule has 1 saturated heterocycles. The number of pyridine rings is 1. The van der Waals surface area contributed by atoms with Gasteiger partial charge in [-0.15, -0.1) is 0 Å². The second kappa shape index (κ2) is 8.80. The van der Waals surface area contributed by atoms with Crippen molar-refractivity contribution in [3.8, 4) is 17.2 Å². The molecule has 172 valence electrons. The summed E-state index contributed by atoms with van der Waals surface area (Å²) in [7, 11) is -3.26. The van der Waals surface area contributed by atoms with E-state index in [4.69, 9.17) is 11.0 Å². The summed E-state index contributed by atoms with van der Waals surface area (Å²) >= 11 is 0. The van der Waals surface area contributed by atoms with Crippen molar-refractivity contribution in [2.75, 3.05) is 24.7 Å². The molecule has 0 unspecified atom stereocenters. The molecule has 33 heavy (non-hydrogen) atoms. The summed E-state index contributed by atoms with van der Waals surface area (Å²) in [6.07, 6.45) is 7.48. The van der Waals surface area contributed by atoms with E-state index >= 15 is 0 Å². The molecule has 4 heterocycles. The van der Waals surface area contributed by atoms with Gasteiger partial charge in [0.25, 0.3) is 5.91 Å². The minimum absolute atomic E-state index is 0.0350. The summed E-state index contributed by atoms with van der Waals surface area (Å²) < 4.78 is 27.2. The predicted molar refractivity (Wildman–Crippen MR) is 124 cm³/mol. The van der Waals surface area contributed by atoms with Gasteiger partial charge in [-0.25, -0.2) is 22.2 Å². The summed E-state index contributed by atoms with van der Waals surface area (Å²) in [6, 6.07) is 7.29. The van der Waals surface area contributed by atoms with Crippen molar-refractivity contribution in [3.63, 3.8) is 0 Å². The van der Waals surface area contributed by atoms with Crippen LogP contribution in [-0.2, 0) is 10.0 Å². The largest absolute Gasteiger partial charge is 0.379 e. The van der Waals surface area contributed by atoms with Crippen LogP contribution in [0.1, 0.15) is 35.8 Å². The molecule has 0 bridgehead atoms. The van der Waals surface area contributed by atoms with E-state index in [9.17, 15) is 13.2 Å². The highest BCUT2D eigenvalue weighted by Crippen LogP contribution is 2.32. The lowest BCUT2D eigenvalue weighted by Crippen LogP contribution is -2.48. The third-order valence-electron chi connectivity index (χ3n) is 6.13. The number of nitrogens with two attached hydrogens (primary N) is 1. The number of nitriles is 1. The van der Waals surface area contributed by atoms with Gasteiger partial charge in [-0.05, 0) is 30.5 Å². The molecule has 3 aromatic heterocycles. The van der Waals surface area contributed by atoms with Crippen LogP contribution in [0, 0.1) is 17.2 Å². The number of hydrogen-bond acceptors (Lipinski definition) is 7. The van der Waals surface area contributed by atoms with E-state index in [-0.39, 0.29) is 17.5 Å². The Morgan fingerprint density at radius 3 is 2.73 bits per heavy atom. The van der Waals surface area contributed by atoms with Gasteiger partial charge in [0.1, 0.15) is 11.8 Å². The summed E-state index contributed by atoms with van der Waals surface area (Å²) in [6.45, 7) is 2.85. The summed E-state index contributed by atoms with van der Waals surface area (Å²) in [5, 5.41) is 16.8. The Hall–Kier alpha value is -3.49. The molecular formula is C22H25N7O3S. The number of sulfonamides is 1. The number of hydrogen-bond donors (Lipinski definition) is 2. The van der Waals surface area contributed by atoms with Gasteiger partial charge in [0.2, 0.25) is 10.0 Å². The third-order valence-corrected chi connectivity index (χ3v) is 7.40. The number of primary amides is 1. The first-order valence-electron chi connectivity index (χ1n) is 10.6. The van der Waals surface area contributed by atoms with Crippen LogP contribution in [0.4, 0.5) is 5.69 Å². The lowest BCUT2D eigenvalue weighted by atomic mass is 9.90. The van der Waals surface area contributed by atoms with Crippen molar-refractivity contribution < 1.29 is 13.2 Å². The molecule has 4 rings (SSSR count). The van der Waals surface area contributed by atoms with E-state index in [0.717, 1.165) is 17.5 Å². The summed E-state index contributed by atoms with van der Waals surface area (Å²) in [5.74, 6) is -0.531. The number of rotatable bonds is 6. The molecule has 10 nitrogen and oxygen atoms in total. The molecule has 1 aliphatic heterocycles. The van der Waals surface area contributed by atoms with Gasteiger partial charge < -0.3 is 11.1 Å². The van der Waals surface area contributed by atoms with Crippen molar-refractivity contribution in [3.05, 3.63) is 48.0 Å². The Balaban J connectivity index is 1.72. The molecular weight excluding hydrogens is 442 g/mol. The second-order valence-electron chi connectivity index (χ2n) is 8.23. The van der Waals surface area contributed by atoms with Crippen LogP contribution in [0.3, 0.4) is 0 Å². The number of piperidine rings is 1. The molecule has 1 aliphatic rings. The number of aromatic nitrogens is 3. The normalized spacial score (nSPS) is 19.3. The van der Waals surface area contributed by atoms with Gasteiger partial charge in [0.05, 0.1) is 29.2 Å². The second-order valence-corrected chi connectivity index (χ2v) is 10.2. The zero-order chi connectivity index (χ0) is 23.8. The number of amides is 1. The topological polar surface area (TPSA) is 146 Å². The van der Waals surface area contributed by atoms with E-state index in [0.29, 0.717) is 36.4 Å². The highest BCUT2D eigenvalue weighted by molar-refractivity contribution is 7.88. The van der Waals surface area contributed by atoms with Gasteiger partial charge in [-0.2, -0.15) is 10.4 Å². The Labute approximate surface area is 192 Å². The first-order chi connectivity index (χ1) is 15.7. The van der Waals surface area contributed by atoms with Gasteiger partial charge in [-0.1, -0.05) is 13.3 Å². The Morgan fingerprint density at radius 2 is 2.12 bits per heavy atom. The predicted octanol–water partition coefficient (Wildman–Crippen LogP) is 1.84. The molecule has 0 saturated carbocycles. The SMILES string of the molecule is CC[C@H]1CN(S(C)(=O)=O)CC[C@H]1Nc1c(C(N)=O)cnn2cc(-c3ccc(C#N)nc3)cc12. The lowest BCUT2D eigenvalue weighted by Gasteiger charge is -2.38. The van der Waals surface area contributed by atoms with Crippen molar-refractivity contribution in [2.45, 2.75) is 25.8 Å². The fourth-order valence-electron chi connectivity index (χ4n) is 4.27. The maximum Gasteiger partial charge on any atom is 0.252 e.